The lowest BCUT2D eigenvalue weighted by Gasteiger charge is -2.04. The van der Waals surface area contributed by atoms with Gasteiger partial charge in [-0.2, -0.15) is 0 Å². The van der Waals surface area contributed by atoms with Gasteiger partial charge in [0.25, 0.3) is 5.69 Å². The molecule has 1 heterocycles. The number of ether oxygens (including phenoxy) is 1. The fourth-order valence-electron chi connectivity index (χ4n) is 1.08. The van der Waals surface area contributed by atoms with E-state index in [9.17, 15) is 14.9 Å². The Morgan fingerprint density at radius 3 is 2.56 bits per heavy atom. The Labute approximate surface area is 105 Å². The summed E-state index contributed by atoms with van der Waals surface area (Å²) in [6, 6.07) is 2.77. The first kappa shape index (κ1) is 15.8. The number of carbonyl (C=O) groups is 1. The fourth-order valence-corrected chi connectivity index (χ4v) is 1.08. The minimum absolute atomic E-state index is 0.0270. The van der Waals surface area contributed by atoms with Crippen LogP contribution in [0.5, 0.6) is 0 Å². The van der Waals surface area contributed by atoms with Crippen LogP contribution in [0.4, 0.5) is 11.5 Å². The molecule has 0 spiro atoms. The van der Waals surface area contributed by atoms with Gasteiger partial charge < -0.3 is 10.1 Å². The van der Waals surface area contributed by atoms with Crippen LogP contribution in [-0.4, -0.2) is 29.5 Å². The summed E-state index contributed by atoms with van der Waals surface area (Å²) >= 11 is 0. The number of aromatic nitrogens is 1. The highest BCUT2D eigenvalue weighted by Gasteiger charge is 2.11. The van der Waals surface area contributed by atoms with Crippen LogP contribution < -0.4 is 5.32 Å². The van der Waals surface area contributed by atoms with E-state index in [1.165, 1.54) is 26.2 Å². The molecule has 0 aliphatic carbocycles. The predicted octanol–water partition coefficient (Wildman–Crippen LogP) is 1.91. The quantitative estimate of drug-likeness (QED) is 0.501. The molecule has 0 aliphatic heterocycles. The average Bonchev–Trinajstić information content (AvgIpc) is 2.37. The van der Waals surface area contributed by atoms with Gasteiger partial charge in [-0.05, 0) is 13.0 Å². The minimum Gasteiger partial charge on any atom is -0.468 e. The standard InChI is InChI=1S/C9H11N3O4.C2H6/c1-6-7(12(14)15)3-4-8(11-6)10-5-9(13)16-2;1-2/h3-4H,5H2,1-2H3,(H,10,11);1-2H3. The summed E-state index contributed by atoms with van der Waals surface area (Å²) in [4.78, 5) is 24.8. The molecule has 0 radical (unpaired) electrons. The van der Waals surface area contributed by atoms with Crippen LogP contribution in [0, 0.1) is 17.0 Å². The number of nitro groups is 1. The van der Waals surface area contributed by atoms with Crippen LogP contribution >= 0.6 is 0 Å². The minimum atomic E-state index is -0.508. The molecule has 18 heavy (non-hydrogen) atoms. The van der Waals surface area contributed by atoms with Gasteiger partial charge in [-0.25, -0.2) is 4.98 Å². The molecule has 0 bridgehead atoms. The lowest BCUT2D eigenvalue weighted by atomic mass is 10.3. The number of nitrogens with one attached hydrogen (secondary N) is 1. The van der Waals surface area contributed by atoms with Crippen LogP contribution in [0.25, 0.3) is 0 Å². The van der Waals surface area contributed by atoms with Crippen molar-refractivity contribution in [2.45, 2.75) is 20.8 Å². The molecule has 1 rings (SSSR count). The molecule has 100 valence electrons. The van der Waals surface area contributed by atoms with Gasteiger partial charge in [-0.15, -0.1) is 0 Å². The van der Waals surface area contributed by atoms with Gasteiger partial charge in [0.1, 0.15) is 18.1 Å². The molecule has 0 aliphatic rings. The second kappa shape index (κ2) is 7.99. The van der Waals surface area contributed by atoms with Crippen molar-refractivity contribution in [3.8, 4) is 0 Å². The van der Waals surface area contributed by atoms with Crippen molar-refractivity contribution in [3.63, 3.8) is 0 Å². The van der Waals surface area contributed by atoms with Crippen LogP contribution in [-0.2, 0) is 9.53 Å². The summed E-state index contributed by atoms with van der Waals surface area (Å²) in [5, 5.41) is 13.2. The van der Waals surface area contributed by atoms with Gasteiger partial charge in [-0.1, -0.05) is 13.8 Å². The smallest absolute Gasteiger partial charge is 0.325 e. The highest BCUT2D eigenvalue weighted by atomic mass is 16.6. The molecule has 0 aromatic carbocycles. The maximum Gasteiger partial charge on any atom is 0.325 e. The number of methoxy groups -OCH3 is 1. The van der Waals surface area contributed by atoms with Gasteiger partial charge in [0.2, 0.25) is 0 Å². The SMILES string of the molecule is CC.COC(=O)CNc1ccc([N+](=O)[O-])c(C)n1. The summed E-state index contributed by atoms with van der Waals surface area (Å²) < 4.78 is 4.43. The molecule has 0 saturated heterocycles. The molecule has 0 unspecified atom stereocenters. The molecular weight excluding hydrogens is 238 g/mol. The van der Waals surface area contributed by atoms with E-state index in [0.717, 1.165) is 0 Å². The van der Waals surface area contributed by atoms with Crippen molar-refractivity contribution < 1.29 is 14.5 Å². The number of nitrogens with zero attached hydrogens (tertiary/aromatic N) is 2. The topological polar surface area (TPSA) is 94.4 Å². The zero-order chi connectivity index (χ0) is 14.1. The maximum atomic E-state index is 10.8. The van der Waals surface area contributed by atoms with Gasteiger partial charge in [0.15, 0.2) is 0 Å². The molecule has 0 fully saturated rings. The van der Waals surface area contributed by atoms with E-state index in [1.54, 1.807) is 0 Å². The summed E-state index contributed by atoms with van der Waals surface area (Å²) in [7, 11) is 1.28. The Kier molecular flexibility index (Phi) is 7.02. The van der Waals surface area contributed by atoms with Crippen molar-refractivity contribution in [1.29, 1.82) is 0 Å². The van der Waals surface area contributed by atoms with Crippen LogP contribution in [0.3, 0.4) is 0 Å². The van der Waals surface area contributed by atoms with Crippen molar-refractivity contribution in [2.24, 2.45) is 0 Å². The third-order valence-electron chi connectivity index (χ3n) is 1.90. The van der Waals surface area contributed by atoms with E-state index in [4.69, 9.17) is 0 Å². The zero-order valence-electron chi connectivity index (χ0n) is 10.9. The Balaban J connectivity index is 0.00000137. The van der Waals surface area contributed by atoms with E-state index < -0.39 is 10.9 Å². The summed E-state index contributed by atoms with van der Waals surface area (Å²) in [5.41, 5.74) is 0.239. The molecule has 1 aromatic heterocycles. The number of carbonyl (C=O) groups excluding carboxylic acids is 1. The Bertz CT molecular complexity index is 421. The predicted molar refractivity (Wildman–Crippen MR) is 67.5 cm³/mol. The molecule has 1 N–H and O–H groups in total. The van der Waals surface area contributed by atoms with Crippen molar-refractivity contribution in [3.05, 3.63) is 27.9 Å². The first-order valence-electron chi connectivity index (χ1n) is 5.47. The van der Waals surface area contributed by atoms with E-state index >= 15 is 0 Å². The molecule has 0 saturated carbocycles. The van der Waals surface area contributed by atoms with Crippen molar-refractivity contribution in [1.82, 2.24) is 4.98 Å². The second-order valence-electron chi connectivity index (χ2n) is 2.99. The lowest BCUT2D eigenvalue weighted by molar-refractivity contribution is -0.385. The molecule has 0 amide bonds. The highest BCUT2D eigenvalue weighted by molar-refractivity contribution is 5.74. The monoisotopic (exact) mass is 255 g/mol. The first-order chi connectivity index (χ1) is 8.54. The number of anilines is 1. The second-order valence-corrected chi connectivity index (χ2v) is 2.99. The number of aryl methyl sites for hydroxylation is 1. The van der Waals surface area contributed by atoms with Crippen LogP contribution in [0.1, 0.15) is 19.5 Å². The largest absolute Gasteiger partial charge is 0.468 e. The third kappa shape index (κ3) is 4.77. The zero-order valence-corrected chi connectivity index (χ0v) is 10.9. The molecular formula is C11H17N3O4. The molecule has 7 nitrogen and oxygen atoms in total. The highest BCUT2D eigenvalue weighted by Crippen LogP contribution is 2.17. The number of esters is 1. The molecule has 7 heteroatoms. The average molecular weight is 255 g/mol. The number of rotatable bonds is 4. The maximum absolute atomic E-state index is 10.8. The third-order valence-corrected chi connectivity index (χ3v) is 1.90. The Hall–Kier alpha value is -2.18. The van der Waals surface area contributed by atoms with Crippen LogP contribution in [0.15, 0.2) is 12.1 Å². The number of pyridine rings is 1. The molecule has 1 aromatic rings. The van der Waals surface area contributed by atoms with Gasteiger partial charge in [0, 0.05) is 6.07 Å². The van der Waals surface area contributed by atoms with Gasteiger partial charge >= 0.3 is 5.97 Å². The van der Waals surface area contributed by atoms with E-state index in [-0.39, 0.29) is 12.2 Å². The van der Waals surface area contributed by atoms with E-state index in [1.807, 2.05) is 13.8 Å². The fraction of sp³-hybridized carbons (Fsp3) is 0.455. The van der Waals surface area contributed by atoms with Crippen molar-refractivity contribution >= 4 is 17.5 Å². The van der Waals surface area contributed by atoms with Gasteiger partial charge in [0.05, 0.1) is 12.0 Å². The first-order valence-corrected chi connectivity index (χ1v) is 5.47. The van der Waals surface area contributed by atoms with Crippen LogP contribution in [0.2, 0.25) is 0 Å². The van der Waals surface area contributed by atoms with E-state index in [2.05, 4.69) is 15.0 Å². The Morgan fingerprint density at radius 2 is 2.11 bits per heavy atom. The molecule has 0 atom stereocenters. The van der Waals surface area contributed by atoms with E-state index in [0.29, 0.717) is 11.5 Å². The Morgan fingerprint density at radius 1 is 1.50 bits per heavy atom. The van der Waals surface area contributed by atoms with Crippen molar-refractivity contribution in [2.75, 3.05) is 19.0 Å². The summed E-state index contributed by atoms with van der Waals surface area (Å²) in [6.45, 7) is 5.50. The summed E-state index contributed by atoms with van der Waals surface area (Å²) in [5.74, 6) is -0.0358. The normalized spacial score (nSPS) is 8.89. The number of hydrogen-bond acceptors (Lipinski definition) is 6. The van der Waals surface area contributed by atoms with Gasteiger partial charge in [-0.3, -0.25) is 14.9 Å². The lowest BCUT2D eigenvalue weighted by Crippen LogP contribution is -2.15. The summed E-state index contributed by atoms with van der Waals surface area (Å²) in [6.07, 6.45) is 0. The number of hydrogen-bond donors (Lipinski definition) is 1.